The van der Waals surface area contributed by atoms with E-state index in [0.29, 0.717) is 0 Å². The van der Waals surface area contributed by atoms with Crippen molar-refractivity contribution in [2.24, 2.45) is 4.99 Å². The number of nitrogens with zero attached hydrogens (tertiary/aromatic N) is 4. The summed E-state index contributed by atoms with van der Waals surface area (Å²) in [5.41, 5.74) is 11.6. The number of hydrogen-bond acceptors (Lipinski definition) is 8. The normalized spacial score (nSPS) is 12.6. The molecule has 0 atom stereocenters. The van der Waals surface area contributed by atoms with E-state index in [-0.39, 0.29) is 0 Å². The van der Waals surface area contributed by atoms with Crippen LogP contribution in [0.3, 0.4) is 0 Å². The molecule has 4 rings (SSSR count). The molecule has 1 aliphatic carbocycles. The Labute approximate surface area is 287 Å². The van der Waals surface area contributed by atoms with Gasteiger partial charge in [0.1, 0.15) is 0 Å². The van der Waals surface area contributed by atoms with E-state index in [0.717, 1.165) is 17.8 Å². The number of halogens is 1. The predicted molar refractivity (Wildman–Crippen MR) is 191 cm³/mol. The van der Waals surface area contributed by atoms with Gasteiger partial charge in [-0.25, -0.2) is 18.6 Å². The Balaban J connectivity index is 0.00000116. The van der Waals surface area contributed by atoms with E-state index in [1.807, 2.05) is 0 Å². The zero-order valence-corrected chi connectivity index (χ0v) is 29.4. The molecule has 0 fully saturated rings. The van der Waals surface area contributed by atoms with Crippen molar-refractivity contribution in [2.45, 2.75) is 6.92 Å². The van der Waals surface area contributed by atoms with Crippen molar-refractivity contribution in [3.05, 3.63) is 150 Å². The quantitative estimate of drug-likeness (QED) is 0.303. The molecule has 0 N–H and O–H groups in total. The zero-order chi connectivity index (χ0) is 35.3. The van der Waals surface area contributed by atoms with E-state index in [1.54, 1.807) is 0 Å². The number of benzene rings is 3. The summed E-state index contributed by atoms with van der Waals surface area (Å²) in [6.45, 7) is 2.84. The molecule has 0 spiro atoms. The van der Waals surface area contributed by atoms with Crippen molar-refractivity contribution in [2.75, 3.05) is 63.5 Å². The number of hydrogen-bond donors (Lipinski definition) is 0. The molecule has 3 aromatic carbocycles. The fourth-order valence-electron chi connectivity index (χ4n) is 4.83. The number of allylic oxidation sites excluding steroid dienone is 11. The van der Waals surface area contributed by atoms with Crippen LogP contribution in [0.1, 0.15) is 23.6 Å². The maximum absolute atomic E-state index is 8.49. The molecule has 48 heavy (non-hydrogen) atoms. The summed E-state index contributed by atoms with van der Waals surface area (Å²) < 4.78 is 34.0. The lowest BCUT2D eigenvalue weighted by molar-refractivity contribution is -2.00. The fraction of sp³-hybridized carbons (Fsp3) is 0.205. The molecule has 0 aromatic heterocycles. The van der Waals surface area contributed by atoms with Crippen LogP contribution in [0.15, 0.2) is 138 Å². The Morgan fingerprint density at radius 1 is 0.583 bits per heavy atom. The second-order valence-electron chi connectivity index (χ2n) is 11.5. The first-order valence-corrected chi connectivity index (χ1v) is 16.6. The van der Waals surface area contributed by atoms with Gasteiger partial charge in [-0.3, -0.25) is 4.99 Å². The van der Waals surface area contributed by atoms with Gasteiger partial charge in [0, 0.05) is 65.9 Å². The van der Waals surface area contributed by atoms with E-state index < -0.39 is 10.2 Å². The first-order chi connectivity index (χ1) is 22.8. The Hall–Kier alpha value is -4.70. The Kier molecular flexibility index (Phi) is 14.2. The second kappa shape index (κ2) is 18.0. The van der Waals surface area contributed by atoms with Gasteiger partial charge in [-0.2, -0.15) is 0 Å². The van der Waals surface area contributed by atoms with Crippen molar-refractivity contribution in [3.63, 3.8) is 0 Å². The third-order valence-corrected chi connectivity index (χ3v) is 7.35. The molecule has 1 aliphatic rings. The molecular weight excluding hydrogens is 624 g/mol. The summed E-state index contributed by atoms with van der Waals surface area (Å²) in [7, 11) is 7.45. The van der Waals surface area contributed by atoms with Crippen LogP contribution in [0.4, 0.5) is 17.1 Å². The molecule has 0 unspecified atom stereocenters. The molecule has 0 saturated heterocycles. The molecule has 9 heteroatoms. The lowest BCUT2D eigenvalue weighted by Crippen LogP contribution is -2.68. The lowest BCUT2D eigenvalue weighted by Gasteiger charge is -2.17. The molecule has 0 saturated carbocycles. The average Bonchev–Trinajstić information content (AvgIpc) is 3.05. The Morgan fingerprint density at radius 2 is 0.979 bits per heavy atom. The van der Waals surface area contributed by atoms with Gasteiger partial charge in [0.25, 0.3) is 0 Å². The monoisotopic (exact) mass is 667 g/mol. The Morgan fingerprint density at radius 3 is 1.35 bits per heavy atom. The largest absolute Gasteiger partial charge is 0.378 e. The molecule has 0 radical (unpaired) electrons. The predicted octanol–water partition coefficient (Wildman–Crippen LogP) is 3.71. The van der Waals surface area contributed by atoms with Gasteiger partial charge in [0.05, 0.1) is 5.71 Å². The maximum atomic E-state index is 8.49. The minimum absolute atomic E-state index is 0.779. The van der Waals surface area contributed by atoms with Crippen LogP contribution in [0, 0.1) is 10.2 Å². The SMILES string of the molecule is CCN=C1C=CC(=C(C=CC=CC=C(c2ccc(N(C)C)cc2)c2ccc(N(C)C)cc2)c2ccc(N(C)C)cc2)C=C1.[O-][Cl+3]([O-])([O-])[O-]. The van der Waals surface area contributed by atoms with E-state index in [1.165, 1.54) is 44.9 Å². The van der Waals surface area contributed by atoms with E-state index in [2.05, 4.69) is 196 Å². The standard InChI is InChI=1S/C39H44N4.ClHO4/c1-8-40-34-22-14-30(15-23-34)38(31-16-24-35(25-17-31)41(2)3)12-10-9-11-13-39(32-18-26-36(27-19-32)42(4)5)33-20-28-37(29-21-33)43(6)7;2-1(3,4)5/h9-29H,8H2,1-7H3;(H,2,3,4,5)/p-1. The molecule has 0 amide bonds. The topological polar surface area (TPSA) is 114 Å². The highest BCUT2D eigenvalue weighted by Crippen LogP contribution is 2.28. The average molecular weight is 668 g/mol. The highest BCUT2D eigenvalue weighted by Gasteiger charge is 2.08. The Bertz CT molecular complexity index is 1610. The third kappa shape index (κ3) is 12.2. The van der Waals surface area contributed by atoms with Crippen molar-refractivity contribution in [3.8, 4) is 0 Å². The first kappa shape index (κ1) is 37.8. The number of rotatable bonds is 10. The minimum atomic E-state index is -4.94. The summed E-state index contributed by atoms with van der Waals surface area (Å²) >= 11 is 0. The smallest absolute Gasteiger partial charge is 0.0574 e. The zero-order valence-electron chi connectivity index (χ0n) is 28.6. The molecule has 0 bridgehead atoms. The second-order valence-corrected chi connectivity index (χ2v) is 12.2. The van der Waals surface area contributed by atoms with Crippen LogP contribution in [0.2, 0.25) is 0 Å². The number of aliphatic imine (C=N–C) groups is 1. The summed E-state index contributed by atoms with van der Waals surface area (Å²) in [6, 6.07) is 26.2. The van der Waals surface area contributed by atoms with E-state index in [4.69, 9.17) is 18.6 Å². The highest BCUT2D eigenvalue weighted by molar-refractivity contribution is 6.07. The summed E-state index contributed by atoms with van der Waals surface area (Å²) in [5, 5.41) is 0. The summed E-state index contributed by atoms with van der Waals surface area (Å²) in [4.78, 5) is 10.9. The number of anilines is 3. The molecule has 0 aliphatic heterocycles. The van der Waals surface area contributed by atoms with Crippen molar-refractivity contribution >= 4 is 33.9 Å². The van der Waals surface area contributed by atoms with Crippen molar-refractivity contribution in [1.82, 2.24) is 0 Å². The van der Waals surface area contributed by atoms with E-state index >= 15 is 0 Å². The van der Waals surface area contributed by atoms with Crippen LogP contribution >= 0.6 is 0 Å². The van der Waals surface area contributed by atoms with Gasteiger partial charge in [-0.05, 0) is 88.9 Å². The molecule has 3 aromatic rings. The van der Waals surface area contributed by atoms with Crippen molar-refractivity contribution in [1.29, 1.82) is 0 Å². The first-order valence-electron chi connectivity index (χ1n) is 15.4. The van der Waals surface area contributed by atoms with Crippen molar-refractivity contribution < 1.29 is 28.9 Å². The van der Waals surface area contributed by atoms with Gasteiger partial charge in [-0.1, -0.05) is 78.9 Å². The molecule has 252 valence electrons. The van der Waals surface area contributed by atoms with Gasteiger partial charge < -0.3 is 14.7 Å². The maximum Gasteiger partial charge on any atom is 0.0574 e. The van der Waals surface area contributed by atoms with Crippen LogP contribution in [0.25, 0.3) is 11.1 Å². The van der Waals surface area contributed by atoms with Crippen LogP contribution < -0.4 is 33.3 Å². The summed E-state index contributed by atoms with van der Waals surface area (Å²) in [6.07, 6.45) is 19.3. The van der Waals surface area contributed by atoms with Gasteiger partial charge in [-0.15, -0.1) is 10.2 Å². The third-order valence-electron chi connectivity index (χ3n) is 7.35. The van der Waals surface area contributed by atoms with Crippen LogP contribution in [-0.2, 0) is 0 Å². The van der Waals surface area contributed by atoms with Crippen LogP contribution in [0.5, 0.6) is 0 Å². The minimum Gasteiger partial charge on any atom is -0.378 e. The van der Waals surface area contributed by atoms with Gasteiger partial charge in [0.2, 0.25) is 0 Å². The highest BCUT2D eigenvalue weighted by atomic mass is 35.7. The van der Waals surface area contributed by atoms with Gasteiger partial charge in [0.15, 0.2) is 0 Å². The van der Waals surface area contributed by atoms with Crippen LogP contribution in [-0.4, -0.2) is 54.5 Å². The fourth-order valence-corrected chi connectivity index (χ4v) is 4.83. The molecule has 0 heterocycles. The molecular formula is C39H44ClN4O4-. The van der Waals surface area contributed by atoms with Gasteiger partial charge >= 0.3 is 0 Å². The van der Waals surface area contributed by atoms with E-state index in [9.17, 15) is 0 Å². The summed E-state index contributed by atoms with van der Waals surface area (Å²) in [5.74, 6) is 0. The lowest BCUT2D eigenvalue weighted by atomic mass is 9.95. The molecule has 8 nitrogen and oxygen atoms in total.